The van der Waals surface area contributed by atoms with Gasteiger partial charge in [-0.05, 0) is 44.8 Å². The lowest BCUT2D eigenvalue weighted by atomic mass is 9.75. The van der Waals surface area contributed by atoms with Crippen LogP contribution >= 0.6 is 0 Å². The van der Waals surface area contributed by atoms with Crippen molar-refractivity contribution in [1.29, 1.82) is 0 Å². The van der Waals surface area contributed by atoms with Gasteiger partial charge in [-0.3, -0.25) is 9.69 Å². The predicted octanol–water partition coefficient (Wildman–Crippen LogP) is 3.42. The lowest BCUT2D eigenvalue weighted by molar-refractivity contribution is -0.152. The van der Waals surface area contributed by atoms with Gasteiger partial charge in [0.15, 0.2) is 0 Å². The Morgan fingerprint density at radius 2 is 1.90 bits per heavy atom. The molecule has 1 saturated heterocycles. The van der Waals surface area contributed by atoms with Crippen LogP contribution in [0.4, 0.5) is 0 Å². The number of nitrogens with zero attached hydrogens (tertiary/aromatic N) is 1. The van der Waals surface area contributed by atoms with Crippen molar-refractivity contribution in [3.05, 3.63) is 29.8 Å². The number of rotatable bonds is 5. The van der Waals surface area contributed by atoms with E-state index in [1.165, 1.54) is 0 Å². The summed E-state index contributed by atoms with van der Waals surface area (Å²) >= 11 is 0. The van der Waals surface area contributed by atoms with Crippen LogP contribution < -0.4 is 0 Å². The molecule has 1 aliphatic heterocycles. The van der Waals surface area contributed by atoms with Crippen LogP contribution in [0.2, 0.25) is 0 Å². The molecule has 1 unspecified atom stereocenters. The molecular formula is C17H25NO3. The largest absolute Gasteiger partial charge is 0.508 e. The van der Waals surface area contributed by atoms with Crippen LogP contribution in [0, 0.1) is 5.41 Å². The molecule has 2 rings (SSSR count). The highest BCUT2D eigenvalue weighted by atomic mass is 16.4. The number of phenolic OH excluding ortho intramolecular Hbond substituents is 1. The maximum atomic E-state index is 11.5. The average molecular weight is 291 g/mol. The number of carbonyl (C=O) groups is 1. The molecule has 0 aromatic heterocycles. The number of aliphatic carboxylic acids is 1. The summed E-state index contributed by atoms with van der Waals surface area (Å²) in [7, 11) is 0. The van der Waals surface area contributed by atoms with Crippen molar-refractivity contribution in [2.45, 2.75) is 45.6 Å². The summed E-state index contributed by atoms with van der Waals surface area (Å²) in [5.41, 5.74) is 0.382. The number of para-hydroxylation sites is 1. The van der Waals surface area contributed by atoms with E-state index in [9.17, 15) is 15.0 Å². The van der Waals surface area contributed by atoms with Crippen LogP contribution in [0.1, 0.15) is 51.1 Å². The zero-order valence-corrected chi connectivity index (χ0v) is 12.9. The van der Waals surface area contributed by atoms with Crippen molar-refractivity contribution in [2.75, 3.05) is 13.1 Å². The van der Waals surface area contributed by atoms with E-state index >= 15 is 0 Å². The minimum atomic E-state index is -0.666. The Balaban J connectivity index is 2.13. The highest BCUT2D eigenvalue weighted by Gasteiger charge is 2.41. The Kier molecular flexibility index (Phi) is 4.88. The van der Waals surface area contributed by atoms with Gasteiger partial charge >= 0.3 is 5.97 Å². The quantitative estimate of drug-likeness (QED) is 0.872. The van der Waals surface area contributed by atoms with E-state index in [1.807, 2.05) is 25.1 Å². The van der Waals surface area contributed by atoms with Crippen LogP contribution in [-0.4, -0.2) is 34.2 Å². The number of benzene rings is 1. The summed E-state index contributed by atoms with van der Waals surface area (Å²) in [6, 6.07) is 7.61. The SMILES string of the molecule is CCC(c1ccccc1O)N1CCC(CC)(C(=O)O)CC1. The molecule has 1 heterocycles. The molecule has 1 aromatic carbocycles. The third kappa shape index (κ3) is 3.05. The Morgan fingerprint density at radius 3 is 2.38 bits per heavy atom. The van der Waals surface area contributed by atoms with Crippen LogP contribution in [0.3, 0.4) is 0 Å². The summed E-state index contributed by atoms with van der Waals surface area (Å²) in [6.45, 7) is 5.61. The number of likely N-dealkylation sites (tertiary alicyclic amines) is 1. The van der Waals surface area contributed by atoms with E-state index in [4.69, 9.17) is 0 Å². The second kappa shape index (κ2) is 6.48. The van der Waals surface area contributed by atoms with Crippen molar-refractivity contribution >= 4 is 5.97 Å². The summed E-state index contributed by atoms with van der Waals surface area (Å²) in [5.74, 6) is -0.338. The number of phenols is 1. The van der Waals surface area contributed by atoms with E-state index in [0.717, 1.165) is 25.1 Å². The highest BCUT2D eigenvalue weighted by Crippen LogP contribution is 2.39. The van der Waals surface area contributed by atoms with Gasteiger partial charge in [-0.1, -0.05) is 32.0 Å². The van der Waals surface area contributed by atoms with Gasteiger partial charge in [0.05, 0.1) is 5.41 Å². The first-order valence-electron chi connectivity index (χ1n) is 7.79. The van der Waals surface area contributed by atoms with E-state index in [0.29, 0.717) is 25.0 Å². The standard InChI is InChI=1S/C17H25NO3/c1-3-14(13-7-5-6-8-15(13)19)18-11-9-17(4-2,10-12-18)16(20)21/h5-8,14,19H,3-4,9-12H2,1-2H3,(H,20,21). The lowest BCUT2D eigenvalue weighted by Gasteiger charge is -2.42. The lowest BCUT2D eigenvalue weighted by Crippen LogP contribution is -2.45. The Labute approximate surface area is 126 Å². The molecule has 0 amide bonds. The Morgan fingerprint density at radius 1 is 1.29 bits per heavy atom. The molecule has 4 nitrogen and oxygen atoms in total. The van der Waals surface area contributed by atoms with Gasteiger partial charge in [-0.15, -0.1) is 0 Å². The smallest absolute Gasteiger partial charge is 0.309 e. The number of carboxylic acids is 1. The number of piperidine rings is 1. The molecule has 1 fully saturated rings. The fourth-order valence-corrected chi connectivity index (χ4v) is 3.43. The third-order valence-corrected chi connectivity index (χ3v) is 5.01. The van der Waals surface area contributed by atoms with E-state index in [2.05, 4.69) is 11.8 Å². The van der Waals surface area contributed by atoms with Crippen molar-refractivity contribution in [1.82, 2.24) is 4.90 Å². The second-order valence-electron chi connectivity index (χ2n) is 5.96. The van der Waals surface area contributed by atoms with Crippen molar-refractivity contribution < 1.29 is 15.0 Å². The second-order valence-corrected chi connectivity index (χ2v) is 5.96. The summed E-state index contributed by atoms with van der Waals surface area (Å²) in [6.07, 6.45) is 2.96. The molecule has 4 heteroatoms. The molecular weight excluding hydrogens is 266 g/mol. The summed E-state index contributed by atoms with van der Waals surface area (Å²) in [5, 5.41) is 19.5. The minimum absolute atomic E-state index is 0.162. The van der Waals surface area contributed by atoms with Crippen LogP contribution in [0.25, 0.3) is 0 Å². The zero-order chi connectivity index (χ0) is 15.5. The first kappa shape index (κ1) is 15.8. The van der Waals surface area contributed by atoms with Crippen LogP contribution in [0.5, 0.6) is 5.75 Å². The molecule has 1 atom stereocenters. The van der Waals surface area contributed by atoms with Crippen molar-refractivity contribution in [3.8, 4) is 5.75 Å². The monoisotopic (exact) mass is 291 g/mol. The Hall–Kier alpha value is -1.55. The van der Waals surface area contributed by atoms with Gasteiger partial charge in [-0.25, -0.2) is 0 Å². The van der Waals surface area contributed by atoms with E-state index in [1.54, 1.807) is 6.07 Å². The summed E-state index contributed by atoms with van der Waals surface area (Å²) < 4.78 is 0. The van der Waals surface area contributed by atoms with Gasteiger partial charge in [0.2, 0.25) is 0 Å². The topological polar surface area (TPSA) is 60.8 Å². The molecule has 1 aliphatic rings. The normalized spacial score (nSPS) is 20.1. The fourth-order valence-electron chi connectivity index (χ4n) is 3.43. The van der Waals surface area contributed by atoms with Crippen molar-refractivity contribution in [3.63, 3.8) is 0 Å². The molecule has 21 heavy (non-hydrogen) atoms. The number of carboxylic acid groups (broad SMARTS) is 1. The van der Waals surface area contributed by atoms with Crippen LogP contribution in [0.15, 0.2) is 24.3 Å². The maximum absolute atomic E-state index is 11.5. The number of aromatic hydroxyl groups is 1. The summed E-state index contributed by atoms with van der Waals surface area (Å²) in [4.78, 5) is 13.8. The Bertz CT molecular complexity index is 493. The molecule has 0 aliphatic carbocycles. The zero-order valence-electron chi connectivity index (χ0n) is 12.9. The maximum Gasteiger partial charge on any atom is 0.309 e. The van der Waals surface area contributed by atoms with Gasteiger partial charge in [0, 0.05) is 11.6 Å². The van der Waals surface area contributed by atoms with Crippen molar-refractivity contribution in [2.24, 2.45) is 5.41 Å². The number of hydrogen-bond donors (Lipinski definition) is 2. The molecule has 1 aromatic rings. The highest BCUT2D eigenvalue weighted by molar-refractivity contribution is 5.74. The first-order chi connectivity index (χ1) is 10.0. The minimum Gasteiger partial charge on any atom is -0.508 e. The molecule has 0 spiro atoms. The van der Waals surface area contributed by atoms with Gasteiger partial charge in [-0.2, -0.15) is 0 Å². The molecule has 0 radical (unpaired) electrons. The fraction of sp³-hybridized carbons (Fsp3) is 0.588. The van der Waals surface area contributed by atoms with Gasteiger partial charge < -0.3 is 10.2 Å². The molecule has 116 valence electrons. The first-order valence-corrected chi connectivity index (χ1v) is 7.79. The average Bonchev–Trinajstić information content (AvgIpc) is 2.50. The van der Waals surface area contributed by atoms with Gasteiger partial charge in [0.25, 0.3) is 0 Å². The van der Waals surface area contributed by atoms with Gasteiger partial charge in [0.1, 0.15) is 5.75 Å². The molecule has 2 N–H and O–H groups in total. The third-order valence-electron chi connectivity index (χ3n) is 5.01. The molecule has 0 saturated carbocycles. The number of hydrogen-bond acceptors (Lipinski definition) is 3. The predicted molar refractivity (Wildman–Crippen MR) is 82.3 cm³/mol. The molecule has 0 bridgehead atoms. The van der Waals surface area contributed by atoms with E-state index < -0.39 is 11.4 Å². The van der Waals surface area contributed by atoms with Crippen LogP contribution in [-0.2, 0) is 4.79 Å². The van der Waals surface area contributed by atoms with E-state index in [-0.39, 0.29) is 6.04 Å².